The Kier molecular flexibility index (Phi) is 4.59. The van der Waals surface area contributed by atoms with Gasteiger partial charge in [-0.05, 0) is 32.0 Å². The zero-order valence-corrected chi connectivity index (χ0v) is 11.8. The number of hydrogen-bond donors (Lipinski definition) is 1. The Balaban J connectivity index is 2.37. The van der Waals surface area contributed by atoms with E-state index in [0.717, 1.165) is 6.07 Å². The molecule has 1 aromatic heterocycles. The van der Waals surface area contributed by atoms with E-state index in [1.54, 1.807) is 19.9 Å². The number of benzene rings is 1. The van der Waals surface area contributed by atoms with E-state index in [0.29, 0.717) is 11.1 Å². The average Bonchev–Trinajstić information content (AvgIpc) is 2.45. The van der Waals surface area contributed by atoms with Gasteiger partial charge in [0.05, 0.1) is 18.1 Å². The van der Waals surface area contributed by atoms with Crippen LogP contribution in [0.3, 0.4) is 0 Å². The highest BCUT2D eigenvalue weighted by atomic mass is 16.5. The fourth-order valence-electron chi connectivity index (χ4n) is 1.74. The minimum absolute atomic E-state index is 0.123. The van der Waals surface area contributed by atoms with Crippen LogP contribution in [0.1, 0.15) is 24.4 Å². The average molecular weight is 292 g/mol. The fraction of sp³-hybridized carbons (Fsp3) is 0.333. The number of carbonyl (C=O) groups excluding carboxylic acids is 1. The summed E-state index contributed by atoms with van der Waals surface area (Å²) in [6.45, 7) is 3.59. The quantitative estimate of drug-likeness (QED) is 0.845. The predicted molar refractivity (Wildman–Crippen MR) is 75.6 cm³/mol. The Labute approximate surface area is 120 Å². The second-order valence-electron chi connectivity index (χ2n) is 4.51. The van der Waals surface area contributed by atoms with Gasteiger partial charge in [0.25, 0.3) is 0 Å². The van der Waals surface area contributed by atoms with Gasteiger partial charge in [-0.3, -0.25) is 4.79 Å². The summed E-state index contributed by atoms with van der Waals surface area (Å²) >= 11 is 0. The van der Waals surface area contributed by atoms with E-state index in [9.17, 15) is 14.7 Å². The first-order valence-electron chi connectivity index (χ1n) is 6.57. The highest BCUT2D eigenvalue weighted by Gasteiger charge is 2.13. The normalized spacial score (nSPS) is 12.1. The Morgan fingerprint density at radius 3 is 2.81 bits per heavy atom. The smallest absolute Gasteiger partial charge is 0.374 e. The third-order valence-corrected chi connectivity index (χ3v) is 2.67. The molecule has 0 radical (unpaired) electrons. The highest BCUT2D eigenvalue weighted by molar-refractivity contribution is 5.89. The molecule has 1 unspecified atom stereocenters. The van der Waals surface area contributed by atoms with Gasteiger partial charge < -0.3 is 19.0 Å². The van der Waals surface area contributed by atoms with Gasteiger partial charge in [-0.25, -0.2) is 4.79 Å². The maximum Gasteiger partial charge on any atom is 0.374 e. The molecule has 112 valence electrons. The highest BCUT2D eigenvalue weighted by Crippen LogP contribution is 2.20. The van der Waals surface area contributed by atoms with Crippen LogP contribution in [-0.4, -0.2) is 30.4 Å². The molecule has 2 rings (SSSR count). The lowest BCUT2D eigenvalue weighted by atomic mass is 10.2. The summed E-state index contributed by atoms with van der Waals surface area (Å²) < 4.78 is 15.5. The summed E-state index contributed by atoms with van der Waals surface area (Å²) in [7, 11) is 0. The Bertz CT molecular complexity index is 701. The lowest BCUT2D eigenvalue weighted by molar-refractivity contribution is 0.0490. The minimum Gasteiger partial charge on any atom is -0.491 e. The van der Waals surface area contributed by atoms with E-state index >= 15 is 0 Å². The van der Waals surface area contributed by atoms with Crippen LogP contribution in [0.5, 0.6) is 5.75 Å². The maximum atomic E-state index is 12.0. The summed E-state index contributed by atoms with van der Waals surface area (Å²) in [4.78, 5) is 23.6. The SMILES string of the molecule is CCOC(=O)c1cc(=O)c2cc(OCC(C)O)ccc2o1. The minimum atomic E-state index is -0.675. The van der Waals surface area contributed by atoms with Crippen LogP contribution in [0.4, 0.5) is 0 Å². The Morgan fingerprint density at radius 2 is 2.14 bits per heavy atom. The third kappa shape index (κ3) is 3.61. The topological polar surface area (TPSA) is 86.0 Å². The van der Waals surface area contributed by atoms with Gasteiger partial charge >= 0.3 is 5.97 Å². The summed E-state index contributed by atoms with van der Waals surface area (Å²) in [5.74, 6) is -0.363. The number of aliphatic hydroxyl groups is 1. The van der Waals surface area contributed by atoms with Gasteiger partial charge in [0.1, 0.15) is 17.9 Å². The molecule has 0 spiro atoms. The van der Waals surface area contributed by atoms with Gasteiger partial charge in [0.2, 0.25) is 5.76 Å². The summed E-state index contributed by atoms with van der Waals surface area (Å²) in [6.07, 6.45) is -0.608. The molecule has 0 aliphatic rings. The summed E-state index contributed by atoms with van der Waals surface area (Å²) in [5, 5.41) is 9.47. The molecule has 2 aromatic rings. The van der Waals surface area contributed by atoms with Gasteiger partial charge in [-0.1, -0.05) is 0 Å². The van der Waals surface area contributed by atoms with Crippen LogP contribution in [-0.2, 0) is 4.74 Å². The molecule has 0 fully saturated rings. The van der Waals surface area contributed by atoms with Crippen LogP contribution >= 0.6 is 0 Å². The first kappa shape index (κ1) is 15.1. The molecule has 6 nitrogen and oxygen atoms in total. The molecule has 0 bridgehead atoms. The van der Waals surface area contributed by atoms with Crippen molar-refractivity contribution in [1.82, 2.24) is 0 Å². The lowest BCUT2D eigenvalue weighted by Crippen LogP contribution is -2.13. The van der Waals surface area contributed by atoms with Crippen molar-refractivity contribution in [2.75, 3.05) is 13.2 Å². The molecule has 0 amide bonds. The fourth-order valence-corrected chi connectivity index (χ4v) is 1.74. The van der Waals surface area contributed by atoms with Crippen molar-refractivity contribution in [2.45, 2.75) is 20.0 Å². The van der Waals surface area contributed by atoms with Crippen LogP contribution < -0.4 is 10.2 Å². The van der Waals surface area contributed by atoms with E-state index in [1.807, 2.05) is 0 Å². The van der Waals surface area contributed by atoms with Crippen molar-refractivity contribution in [1.29, 1.82) is 0 Å². The molecular formula is C15H16O6. The van der Waals surface area contributed by atoms with Crippen LogP contribution in [0.2, 0.25) is 0 Å². The van der Waals surface area contributed by atoms with Crippen molar-refractivity contribution >= 4 is 16.9 Å². The van der Waals surface area contributed by atoms with Crippen molar-refractivity contribution in [3.05, 3.63) is 40.2 Å². The number of hydrogen-bond acceptors (Lipinski definition) is 6. The molecule has 0 saturated carbocycles. The van der Waals surface area contributed by atoms with Gasteiger partial charge in [-0.2, -0.15) is 0 Å². The van der Waals surface area contributed by atoms with E-state index in [-0.39, 0.29) is 30.0 Å². The lowest BCUT2D eigenvalue weighted by Gasteiger charge is -2.08. The zero-order chi connectivity index (χ0) is 15.4. The summed E-state index contributed by atoms with van der Waals surface area (Å²) in [5.41, 5.74) is -0.0863. The molecule has 1 atom stereocenters. The molecule has 21 heavy (non-hydrogen) atoms. The monoisotopic (exact) mass is 292 g/mol. The molecule has 6 heteroatoms. The van der Waals surface area contributed by atoms with E-state index in [4.69, 9.17) is 13.9 Å². The van der Waals surface area contributed by atoms with E-state index in [1.165, 1.54) is 12.1 Å². The number of fused-ring (bicyclic) bond motifs is 1. The molecular weight excluding hydrogens is 276 g/mol. The molecule has 1 aromatic carbocycles. The van der Waals surface area contributed by atoms with Crippen LogP contribution in [0.25, 0.3) is 11.0 Å². The number of rotatable bonds is 5. The first-order valence-corrected chi connectivity index (χ1v) is 6.57. The Hall–Kier alpha value is -2.34. The molecule has 0 aliphatic carbocycles. The van der Waals surface area contributed by atoms with Crippen molar-refractivity contribution in [2.24, 2.45) is 0 Å². The number of esters is 1. The molecule has 0 aliphatic heterocycles. The van der Waals surface area contributed by atoms with E-state index in [2.05, 4.69) is 0 Å². The van der Waals surface area contributed by atoms with Crippen LogP contribution in [0, 0.1) is 0 Å². The van der Waals surface area contributed by atoms with Crippen molar-refractivity contribution in [3.8, 4) is 5.75 Å². The van der Waals surface area contributed by atoms with E-state index < -0.39 is 12.1 Å². The predicted octanol–water partition coefficient (Wildman–Crippen LogP) is 1.73. The van der Waals surface area contributed by atoms with Crippen LogP contribution in [0.15, 0.2) is 33.5 Å². The second-order valence-corrected chi connectivity index (χ2v) is 4.51. The number of carbonyl (C=O) groups is 1. The standard InChI is InChI=1S/C15H16O6/c1-3-19-15(18)14-7-12(17)11-6-10(20-8-9(2)16)4-5-13(11)21-14/h4-7,9,16H,3,8H2,1-2H3. The summed E-state index contributed by atoms with van der Waals surface area (Å²) in [6, 6.07) is 5.75. The third-order valence-electron chi connectivity index (χ3n) is 2.67. The number of aliphatic hydroxyl groups excluding tert-OH is 1. The largest absolute Gasteiger partial charge is 0.491 e. The van der Waals surface area contributed by atoms with Gasteiger partial charge in [0, 0.05) is 6.07 Å². The van der Waals surface area contributed by atoms with Gasteiger partial charge in [0.15, 0.2) is 5.43 Å². The molecule has 1 heterocycles. The van der Waals surface area contributed by atoms with Crippen molar-refractivity contribution < 1.29 is 23.8 Å². The number of ether oxygens (including phenoxy) is 2. The molecule has 1 N–H and O–H groups in total. The Morgan fingerprint density at radius 1 is 1.38 bits per heavy atom. The maximum absolute atomic E-state index is 12.0. The first-order chi connectivity index (χ1) is 10.0. The zero-order valence-electron chi connectivity index (χ0n) is 11.8. The van der Waals surface area contributed by atoms with Gasteiger partial charge in [-0.15, -0.1) is 0 Å². The molecule has 0 saturated heterocycles. The van der Waals surface area contributed by atoms with Crippen molar-refractivity contribution in [3.63, 3.8) is 0 Å². The second kappa shape index (κ2) is 6.41.